The van der Waals surface area contributed by atoms with Gasteiger partial charge in [-0.05, 0) is 22.4 Å². The van der Waals surface area contributed by atoms with Gasteiger partial charge in [-0.25, -0.2) is 4.79 Å². The predicted molar refractivity (Wildman–Crippen MR) is 74.1 cm³/mol. The van der Waals surface area contributed by atoms with Crippen molar-refractivity contribution in [3.63, 3.8) is 0 Å². The average molecular weight is 238 g/mol. The summed E-state index contributed by atoms with van der Waals surface area (Å²) in [6.45, 7) is 3.64. The monoisotopic (exact) mass is 238 g/mol. The summed E-state index contributed by atoms with van der Waals surface area (Å²) in [7, 11) is 1.36. The van der Waals surface area contributed by atoms with Gasteiger partial charge in [-0.1, -0.05) is 55.1 Å². The standard InChI is InChI=1S/C16H14O2/c1-3-12(16(17)18-2)11-14-9-6-8-13-7-4-5-10-15(13)14/h3-11H,1H2,2H3/b12-11+. The Morgan fingerprint density at radius 1 is 1.17 bits per heavy atom. The molecule has 2 aromatic rings. The average Bonchev–Trinajstić information content (AvgIpc) is 2.44. The van der Waals surface area contributed by atoms with Crippen LogP contribution in [-0.2, 0) is 9.53 Å². The smallest absolute Gasteiger partial charge is 0.337 e. The van der Waals surface area contributed by atoms with Gasteiger partial charge in [-0.3, -0.25) is 0 Å². The number of ether oxygens (including phenoxy) is 1. The highest BCUT2D eigenvalue weighted by molar-refractivity contribution is 6.00. The van der Waals surface area contributed by atoms with E-state index in [0.29, 0.717) is 5.57 Å². The summed E-state index contributed by atoms with van der Waals surface area (Å²) >= 11 is 0. The Morgan fingerprint density at radius 2 is 1.89 bits per heavy atom. The predicted octanol–water partition coefficient (Wildman–Crippen LogP) is 3.58. The van der Waals surface area contributed by atoms with Crippen molar-refractivity contribution < 1.29 is 9.53 Å². The number of hydrogen-bond acceptors (Lipinski definition) is 2. The first-order valence-corrected chi connectivity index (χ1v) is 5.66. The minimum atomic E-state index is -0.377. The molecule has 2 heteroatoms. The highest BCUT2D eigenvalue weighted by atomic mass is 16.5. The number of carbonyl (C=O) groups is 1. The van der Waals surface area contributed by atoms with Gasteiger partial charge in [0.1, 0.15) is 0 Å². The molecular weight excluding hydrogens is 224 g/mol. The lowest BCUT2D eigenvalue weighted by Crippen LogP contribution is -2.02. The molecule has 0 aliphatic carbocycles. The SMILES string of the molecule is C=C/C(=C\c1cccc2ccccc12)C(=O)OC. The van der Waals surface area contributed by atoms with Crippen LogP contribution in [0.3, 0.4) is 0 Å². The number of fused-ring (bicyclic) bond motifs is 1. The number of methoxy groups -OCH3 is 1. The van der Waals surface area contributed by atoms with Crippen molar-refractivity contribution in [2.45, 2.75) is 0 Å². The van der Waals surface area contributed by atoms with Crippen molar-refractivity contribution in [3.8, 4) is 0 Å². The van der Waals surface area contributed by atoms with E-state index in [4.69, 9.17) is 4.74 Å². The molecule has 0 saturated carbocycles. The van der Waals surface area contributed by atoms with Gasteiger partial charge in [-0.15, -0.1) is 0 Å². The molecule has 18 heavy (non-hydrogen) atoms. The molecule has 0 spiro atoms. The second-order valence-electron chi connectivity index (χ2n) is 3.86. The topological polar surface area (TPSA) is 26.3 Å². The Balaban J connectivity index is 2.57. The van der Waals surface area contributed by atoms with Gasteiger partial charge < -0.3 is 4.74 Å². The Bertz CT molecular complexity index is 619. The molecule has 0 atom stereocenters. The maximum atomic E-state index is 11.5. The van der Waals surface area contributed by atoms with Crippen LogP contribution >= 0.6 is 0 Å². The molecule has 2 aromatic carbocycles. The van der Waals surface area contributed by atoms with Crippen molar-refractivity contribution >= 4 is 22.8 Å². The van der Waals surface area contributed by atoms with E-state index in [1.54, 1.807) is 6.08 Å². The summed E-state index contributed by atoms with van der Waals surface area (Å²) in [5.74, 6) is -0.377. The van der Waals surface area contributed by atoms with Crippen molar-refractivity contribution in [1.29, 1.82) is 0 Å². The molecule has 0 bridgehead atoms. The number of carbonyl (C=O) groups excluding carboxylic acids is 1. The van der Waals surface area contributed by atoms with Crippen LogP contribution in [0.15, 0.2) is 60.7 Å². The van der Waals surface area contributed by atoms with Gasteiger partial charge in [0.05, 0.1) is 12.7 Å². The molecule has 0 fully saturated rings. The zero-order valence-corrected chi connectivity index (χ0v) is 10.2. The van der Waals surface area contributed by atoms with Gasteiger partial charge in [0, 0.05) is 0 Å². The van der Waals surface area contributed by atoms with E-state index in [1.807, 2.05) is 42.5 Å². The maximum Gasteiger partial charge on any atom is 0.337 e. The fraction of sp³-hybridized carbons (Fsp3) is 0.0625. The molecule has 0 aromatic heterocycles. The molecular formula is C16H14O2. The summed E-state index contributed by atoms with van der Waals surface area (Å²) in [5.41, 5.74) is 1.43. The minimum Gasteiger partial charge on any atom is -0.465 e. The van der Waals surface area contributed by atoms with E-state index < -0.39 is 0 Å². The van der Waals surface area contributed by atoms with Gasteiger partial charge in [-0.2, -0.15) is 0 Å². The summed E-state index contributed by atoms with van der Waals surface area (Å²) in [4.78, 5) is 11.5. The van der Waals surface area contributed by atoms with E-state index >= 15 is 0 Å². The fourth-order valence-corrected chi connectivity index (χ4v) is 1.86. The van der Waals surface area contributed by atoms with Crippen molar-refractivity contribution in [1.82, 2.24) is 0 Å². The van der Waals surface area contributed by atoms with Crippen LogP contribution in [0.25, 0.3) is 16.8 Å². The Kier molecular flexibility index (Phi) is 3.58. The van der Waals surface area contributed by atoms with Gasteiger partial charge in [0.25, 0.3) is 0 Å². The lowest BCUT2D eigenvalue weighted by atomic mass is 10.0. The Morgan fingerprint density at radius 3 is 2.61 bits per heavy atom. The first kappa shape index (κ1) is 12.1. The third-order valence-corrected chi connectivity index (χ3v) is 2.78. The summed E-state index contributed by atoms with van der Waals surface area (Å²) in [5, 5.41) is 2.24. The van der Waals surface area contributed by atoms with Crippen LogP contribution in [-0.4, -0.2) is 13.1 Å². The van der Waals surface area contributed by atoms with Gasteiger partial charge in [0.15, 0.2) is 0 Å². The molecule has 0 saturated heterocycles. The molecule has 2 nitrogen and oxygen atoms in total. The van der Waals surface area contributed by atoms with Crippen molar-refractivity contribution in [2.75, 3.05) is 7.11 Å². The van der Waals surface area contributed by atoms with E-state index in [-0.39, 0.29) is 5.97 Å². The molecule has 2 rings (SSSR count). The second kappa shape index (κ2) is 5.32. The lowest BCUT2D eigenvalue weighted by molar-refractivity contribution is -0.135. The summed E-state index contributed by atoms with van der Waals surface area (Å²) in [6.07, 6.45) is 3.30. The van der Waals surface area contributed by atoms with E-state index in [2.05, 4.69) is 6.58 Å². The van der Waals surface area contributed by atoms with E-state index in [0.717, 1.165) is 16.3 Å². The van der Waals surface area contributed by atoms with Crippen LogP contribution in [0, 0.1) is 0 Å². The van der Waals surface area contributed by atoms with Crippen molar-refractivity contribution in [2.24, 2.45) is 0 Å². The van der Waals surface area contributed by atoms with Crippen molar-refractivity contribution in [3.05, 3.63) is 66.3 Å². The zero-order chi connectivity index (χ0) is 13.0. The third kappa shape index (κ3) is 2.33. The molecule has 0 aliphatic rings. The highest BCUT2D eigenvalue weighted by Gasteiger charge is 2.06. The van der Waals surface area contributed by atoms with E-state index in [1.165, 1.54) is 13.2 Å². The van der Waals surface area contributed by atoms with Gasteiger partial charge >= 0.3 is 5.97 Å². The van der Waals surface area contributed by atoms with Gasteiger partial charge in [0.2, 0.25) is 0 Å². The Hall–Kier alpha value is -2.35. The van der Waals surface area contributed by atoms with Crippen LogP contribution in [0.4, 0.5) is 0 Å². The molecule has 0 aliphatic heterocycles. The summed E-state index contributed by atoms with van der Waals surface area (Å²) < 4.78 is 4.71. The summed E-state index contributed by atoms with van der Waals surface area (Å²) in [6, 6.07) is 14.0. The zero-order valence-electron chi connectivity index (χ0n) is 10.2. The quantitative estimate of drug-likeness (QED) is 0.464. The third-order valence-electron chi connectivity index (χ3n) is 2.78. The van der Waals surface area contributed by atoms with Crippen LogP contribution in [0.1, 0.15) is 5.56 Å². The van der Waals surface area contributed by atoms with Crippen LogP contribution in [0.2, 0.25) is 0 Å². The number of benzene rings is 2. The second-order valence-corrected chi connectivity index (χ2v) is 3.86. The first-order valence-electron chi connectivity index (χ1n) is 5.66. The normalized spacial score (nSPS) is 11.3. The molecule has 0 heterocycles. The minimum absolute atomic E-state index is 0.377. The highest BCUT2D eigenvalue weighted by Crippen LogP contribution is 2.21. The maximum absolute atomic E-state index is 11.5. The molecule has 0 N–H and O–H groups in total. The number of rotatable bonds is 3. The van der Waals surface area contributed by atoms with Crippen LogP contribution in [0.5, 0.6) is 0 Å². The molecule has 0 radical (unpaired) electrons. The Labute approximate surface area is 106 Å². The molecule has 0 unspecified atom stereocenters. The first-order chi connectivity index (χ1) is 8.76. The number of esters is 1. The fourth-order valence-electron chi connectivity index (χ4n) is 1.86. The molecule has 0 amide bonds. The number of hydrogen-bond donors (Lipinski definition) is 0. The van der Waals surface area contributed by atoms with Crippen LogP contribution < -0.4 is 0 Å². The van der Waals surface area contributed by atoms with E-state index in [9.17, 15) is 4.79 Å². The molecule has 90 valence electrons. The lowest BCUT2D eigenvalue weighted by Gasteiger charge is -2.04. The largest absolute Gasteiger partial charge is 0.465 e.